The summed E-state index contributed by atoms with van der Waals surface area (Å²) in [5, 5.41) is 10.8. The van der Waals surface area contributed by atoms with Gasteiger partial charge in [0.05, 0.1) is 17.6 Å². The summed E-state index contributed by atoms with van der Waals surface area (Å²) >= 11 is 5.67. The minimum atomic E-state index is -0.771. The number of carbonyl (C=O) groups is 1. The van der Waals surface area contributed by atoms with E-state index in [1.165, 1.54) is 13.2 Å². The van der Waals surface area contributed by atoms with Crippen LogP contribution in [0.1, 0.15) is 5.56 Å². The van der Waals surface area contributed by atoms with Gasteiger partial charge in [-0.25, -0.2) is 4.79 Å². The van der Waals surface area contributed by atoms with Crippen molar-refractivity contribution in [3.63, 3.8) is 0 Å². The van der Waals surface area contributed by atoms with Crippen molar-refractivity contribution >= 4 is 28.9 Å². The van der Waals surface area contributed by atoms with Gasteiger partial charge < -0.3 is 10.5 Å². The molecule has 2 N–H and O–H groups in total. The molecule has 1 aromatic carbocycles. The van der Waals surface area contributed by atoms with Crippen molar-refractivity contribution in [3.8, 4) is 11.8 Å². The zero-order valence-corrected chi connectivity index (χ0v) is 9.45. The summed E-state index contributed by atoms with van der Waals surface area (Å²) in [4.78, 5) is 20.8. The predicted molar refractivity (Wildman–Crippen MR) is 61.4 cm³/mol. The number of hydrogen-bond donors (Lipinski definition) is 1. The van der Waals surface area contributed by atoms with Crippen molar-refractivity contribution in [2.45, 2.75) is 0 Å². The van der Waals surface area contributed by atoms with Crippen LogP contribution in [0.5, 0.6) is 0 Å². The molecule has 1 rings (SSSR count). The number of nitrogen functional groups attached to an aromatic ring is 1. The van der Waals surface area contributed by atoms with Crippen LogP contribution in [0.3, 0.4) is 0 Å². The number of nitro benzene ring substituents is 1. The van der Waals surface area contributed by atoms with Crippen molar-refractivity contribution in [3.05, 3.63) is 32.8 Å². The van der Waals surface area contributed by atoms with Crippen molar-refractivity contribution in [2.75, 3.05) is 12.8 Å². The molecule has 0 amide bonds. The standard InChI is InChI=1S/C10H7ClN2O4/c1-17-9(14)3-2-6-4-7(11)5-8(10(6)12)13(15)16/h4-5H,12H2,1H3. The molecule has 0 saturated heterocycles. The Morgan fingerprint density at radius 1 is 1.59 bits per heavy atom. The highest BCUT2D eigenvalue weighted by Gasteiger charge is 2.15. The second kappa shape index (κ2) is 5.18. The van der Waals surface area contributed by atoms with E-state index in [-0.39, 0.29) is 22.0 Å². The predicted octanol–water partition coefficient (Wildman–Crippen LogP) is 1.35. The van der Waals surface area contributed by atoms with Gasteiger partial charge in [-0.15, -0.1) is 0 Å². The van der Waals surface area contributed by atoms with Crippen LogP contribution in [-0.2, 0) is 9.53 Å². The maximum atomic E-state index is 10.8. The molecular formula is C10H7ClN2O4. The summed E-state index contributed by atoms with van der Waals surface area (Å²) < 4.78 is 4.30. The van der Waals surface area contributed by atoms with Crippen molar-refractivity contribution in [1.82, 2.24) is 0 Å². The highest BCUT2D eigenvalue weighted by molar-refractivity contribution is 6.31. The molecule has 88 valence electrons. The van der Waals surface area contributed by atoms with Crippen molar-refractivity contribution in [2.24, 2.45) is 0 Å². The van der Waals surface area contributed by atoms with E-state index in [0.717, 1.165) is 6.07 Å². The molecule has 0 bridgehead atoms. The van der Waals surface area contributed by atoms with Gasteiger partial charge in [-0.05, 0) is 6.07 Å². The maximum absolute atomic E-state index is 10.8. The lowest BCUT2D eigenvalue weighted by Crippen LogP contribution is -1.99. The molecule has 0 saturated carbocycles. The molecule has 6 nitrogen and oxygen atoms in total. The normalized spacial score (nSPS) is 9.06. The molecule has 1 aromatic rings. The lowest BCUT2D eigenvalue weighted by molar-refractivity contribution is -0.383. The lowest BCUT2D eigenvalue weighted by atomic mass is 10.1. The minimum Gasteiger partial charge on any atom is -0.459 e. The number of rotatable bonds is 1. The van der Waals surface area contributed by atoms with Gasteiger partial charge in [0, 0.05) is 17.0 Å². The first-order chi connectivity index (χ1) is 7.95. The van der Waals surface area contributed by atoms with E-state index in [0.29, 0.717) is 0 Å². The van der Waals surface area contributed by atoms with Crippen LogP contribution in [0, 0.1) is 22.0 Å². The summed E-state index contributed by atoms with van der Waals surface area (Å²) in [6.45, 7) is 0. The molecule has 0 radical (unpaired) electrons. The van der Waals surface area contributed by atoms with Gasteiger partial charge in [-0.2, -0.15) is 0 Å². The van der Waals surface area contributed by atoms with Crippen LogP contribution in [0.15, 0.2) is 12.1 Å². The average Bonchev–Trinajstić information content (AvgIpc) is 2.28. The molecule has 0 unspecified atom stereocenters. The van der Waals surface area contributed by atoms with E-state index in [1.54, 1.807) is 0 Å². The molecule has 0 aliphatic rings. The highest BCUT2D eigenvalue weighted by atomic mass is 35.5. The molecule has 0 heterocycles. The van der Waals surface area contributed by atoms with E-state index in [1.807, 2.05) is 0 Å². The van der Waals surface area contributed by atoms with Crippen molar-refractivity contribution < 1.29 is 14.5 Å². The number of nitro groups is 1. The van der Waals surface area contributed by atoms with Crippen LogP contribution in [0.2, 0.25) is 5.02 Å². The summed E-state index contributed by atoms with van der Waals surface area (Å²) in [6, 6.07) is 2.44. The number of nitrogens with two attached hydrogens (primary N) is 1. The third-order valence-electron chi connectivity index (χ3n) is 1.80. The summed E-state index contributed by atoms with van der Waals surface area (Å²) in [5.41, 5.74) is 5.13. The second-order valence-electron chi connectivity index (χ2n) is 2.88. The van der Waals surface area contributed by atoms with Crippen molar-refractivity contribution in [1.29, 1.82) is 0 Å². The Labute approximate surface area is 101 Å². The number of nitrogens with zero attached hydrogens (tertiary/aromatic N) is 1. The van der Waals surface area contributed by atoms with Gasteiger partial charge in [-0.3, -0.25) is 10.1 Å². The number of benzene rings is 1. The SMILES string of the molecule is COC(=O)C#Cc1cc(Cl)cc([N+](=O)[O-])c1N. The molecule has 0 fully saturated rings. The first kappa shape index (κ1) is 12.8. The fourth-order valence-corrected chi connectivity index (χ4v) is 1.24. The van der Waals surface area contributed by atoms with E-state index < -0.39 is 10.9 Å². The average molecular weight is 255 g/mol. The molecule has 0 spiro atoms. The molecule has 0 atom stereocenters. The Balaban J connectivity index is 3.28. The van der Waals surface area contributed by atoms with E-state index in [9.17, 15) is 14.9 Å². The molecule has 7 heteroatoms. The number of halogens is 1. The number of ether oxygens (including phenoxy) is 1. The smallest absolute Gasteiger partial charge is 0.384 e. The van der Waals surface area contributed by atoms with Crippen LogP contribution in [0.4, 0.5) is 11.4 Å². The summed E-state index contributed by atoms with van der Waals surface area (Å²) in [7, 11) is 1.17. The largest absolute Gasteiger partial charge is 0.459 e. The fraction of sp³-hybridized carbons (Fsp3) is 0.100. The van der Waals surface area contributed by atoms with Gasteiger partial charge in [0.15, 0.2) is 0 Å². The topological polar surface area (TPSA) is 95.5 Å². The Morgan fingerprint density at radius 3 is 2.76 bits per heavy atom. The number of methoxy groups -OCH3 is 1. The molecule has 17 heavy (non-hydrogen) atoms. The number of hydrogen-bond acceptors (Lipinski definition) is 5. The number of carbonyl (C=O) groups excluding carboxylic acids is 1. The zero-order valence-electron chi connectivity index (χ0n) is 8.69. The first-order valence-corrected chi connectivity index (χ1v) is 4.67. The lowest BCUT2D eigenvalue weighted by Gasteiger charge is -2.00. The van der Waals surface area contributed by atoms with Gasteiger partial charge >= 0.3 is 5.97 Å². The minimum absolute atomic E-state index is 0.106. The van der Waals surface area contributed by atoms with Crippen LogP contribution >= 0.6 is 11.6 Å². The quantitative estimate of drug-likeness (QED) is 0.268. The Bertz CT molecular complexity index is 545. The van der Waals surface area contributed by atoms with E-state index in [2.05, 4.69) is 16.6 Å². The molecule has 0 aliphatic heterocycles. The summed E-state index contributed by atoms with van der Waals surface area (Å²) in [6.07, 6.45) is 0. The zero-order chi connectivity index (χ0) is 13.0. The third-order valence-corrected chi connectivity index (χ3v) is 2.02. The highest BCUT2D eigenvalue weighted by Crippen LogP contribution is 2.28. The second-order valence-corrected chi connectivity index (χ2v) is 3.32. The van der Waals surface area contributed by atoms with Crippen LogP contribution in [0.25, 0.3) is 0 Å². The van der Waals surface area contributed by atoms with E-state index in [4.69, 9.17) is 17.3 Å². The van der Waals surface area contributed by atoms with Crippen LogP contribution < -0.4 is 5.73 Å². The Kier molecular flexibility index (Phi) is 3.91. The summed E-state index contributed by atoms with van der Waals surface area (Å²) in [5.74, 6) is 3.70. The third kappa shape index (κ3) is 3.09. The molecular weight excluding hydrogens is 248 g/mol. The van der Waals surface area contributed by atoms with Gasteiger partial charge in [0.25, 0.3) is 5.69 Å². The Hall–Kier alpha value is -2.26. The fourth-order valence-electron chi connectivity index (χ4n) is 1.03. The van der Waals surface area contributed by atoms with Gasteiger partial charge in [0.1, 0.15) is 5.69 Å². The molecule has 0 aliphatic carbocycles. The number of anilines is 1. The number of esters is 1. The first-order valence-electron chi connectivity index (χ1n) is 4.29. The molecule has 0 aromatic heterocycles. The Morgan fingerprint density at radius 2 is 2.24 bits per heavy atom. The van der Waals surface area contributed by atoms with Crippen LogP contribution in [-0.4, -0.2) is 18.0 Å². The maximum Gasteiger partial charge on any atom is 0.384 e. The van der Waals surface area contributed by atoms with Gasteiger partial charge in [0.2, 0.25) is 0 Å². The monoisotopic (exact) mass is 254 g/mol. The van der Waals surface area contributed by atoms with E-state index >= 15 is 0 Å². The van der Waals surface area contributed by atoms with Gasteiger partial charge in [-0.1, -0.05) is 17.5 Å².